The fourth-order valence-corrected chi connectivity index (χ4v) is 3.75. The number of carbonyl (C=O) groups is 1. The van der Waals surface area contributed by atoms with Crippen LogP contribution in [0.15, 0.2) is 42.5 Å². The van der Waals surface area contributed by atoms with E-state index in [1.165, 1.54) is 17.2 Å². The van der Waals surface area contributed by atoms with Gasteiger partial charge in [0.05, 0.1) is 6.04 Å². The fraction of sp³-hybridized carbons (Fsp3) is 0.409. The molecule has 1 amide bonds. The number of nitrogens with zero attached hydrogens (tertiary/aromatic N) is 1. The summed E-state index contributed by atoms with van der Waals surface area (Å²) < 4.78 is 26.6. The van der Waals surface area contributed by atoms with E-state index < -0.39 is 11.6 Å². The second kappa shape index (κ2) is 8.61. The van der Waals surface area contributed by atoms with Crippen molar-refractivity contribution in [1.82, 2.24) is 10.2 Å². The van der Waals surface area contributed by atoms with E-state index in [0.29, 0.717) is 19.3 Å². The third-order valence-corrected chi connectivity index (χ3v) is 5.36. The van der Waals surface area contributed by atoms with Gasteiger partial charge in [-0.25, -0.2) is 8.78 Å². The standard InChI is InChI=1S/C22H26F2N2O/c1-26(2)17(13-15-7-10-19(23)20(24)14-15)9-12-22(27)25-21-11-8-16-5-3-4-6-18(16)21/h3-7,10,14,17,21H,8-9,11-13H2,1-2H3,(H,25,27)/t17-,21?/m1/s1. The molecule has 3 nitrogen and oxygen atoms in total. The molecule has 1 unspecified atom stereocenters. The van der Waals surface area contributed by atoms with Crippen LogP contribution in [0.5, 0.6) is 0 Å². The molecule has 0 aliphatic heterocycles. The van der Waals surface area contributed by atoms with Gasteiger partial charge in [0.15, 0.2) is 11.6 Å². The zero-order chi connectivity index (χ0) is 19.4. The minimum Gasteiger partial charge on any atom is -0.349 e. The number of aryl methyl sites for hydroxylation is 1. The fourth-order valence-electron chi connectivity index (χ4n) is 3.75. The van der Waals surface area contributed by atoms with E-state index in [2.05, 4.69) is 17.4 Å². The zero-order valence-electron chi connectivity index (χ0n) is 15.8. The van der Waals surface area contributed by atoms with E-state index in [0.717, 1.165) is 24.5 Å². The number of hydrogen-bond donors (Lipinski definition) is 1. The van der Waals surface area contributed by atoms with Crippen LogP contribution < -0.4 is 5.32 Å². The van der Waals surface area contributed by atoms with Crippen LogP contribution in [0.1, 0.15) is 42.0 Å². The Morgan fingerprint density at radius 2 is 1.96 bits per heavy atom. The topological polar surface area (TPSA) is 32.3 Å². The van der Waals surface area contributed by atoms with Crippen LogP contribution in [-0.2, 0) is 17.6 Å². The van der Waals surface area contributed by atoms with Gasteiger partial charge in [0.2, 0.25) is 5.91 Å². The maximum atomic E-state index is 13.4. The number of halogens is 2. The molecule has 2 aromatic carbocycles. The molecule has 5 heteroatoms. The van der Waals surface area contributed by atoms with Gasteiger partial charge in [0.1, 0.15) is 0 Å². The summed E-state index contributed by atoms with van der Waals surface area (Å²) in [6.45, 7) is 0. The first kappa shape index (κ1) is 19.5. The number of fused-ring (bicyclic) bond motifs is 1. The number of nitrogens with one attached hydrogen (secondary N) is 1. The van der Waals surface area contributed by atoms with Gasteiger partial charge in [0, 0.05) is 12.5 Å². The molecule has 1 aliphatic carbocycles. The van der Waals surface area contributed by atoms with E-state index in [9.17, 15) is 13.6 Å². The summed E-state index contributed by atoms with van der Waals surface area (Å²) in [5.41, 5.74) is 3.27. The Balaban J connectivity index is 1.55. The van der Waals surface area contributed by atoms with Gasteiger partial charge in [0.25, 0.3) is 0 Å². The molecule has 1 aliphatic rings. The SMILES string of the molecule is CN(C)[C@H](CCC(=O)NC1CCc2ccccc21)Cc1ccc(F)c(F)c1. The van der Waals surface area contributed by atoms with Crippen molar-refractivity contribution in [2.75, 3.05) is 14.1 Å². The van der Waals surface area contributed by atoms with Crippen molar-refractivity contribution in [3.05, 3.63) is 70.8 Å². The highest BCUT2D eigenvalue weighted by atomic mass is 19.2. The van der Waals surface area contributed by atoms with Gasteiger partial charge in [-0.15, -0.1) is 0 Å². The third-order valence-electron chi connectivity index (χ3n) is 5.36. The molecule has 144 valence electrons. The molecule has 2 atom stereocenters. The van der Waals surface area contributed by atoms with E-state index >= 15 is 0 Å². The van der Waals surface area contributed by atoms with Crippen molar-refractivity contribution in [3.63, 3.8) is 0 Å². The van der Waals surface area contributed by atoms with Crippen molar-refractivity contribution < 1.29 is 13.6 Å². The maximum Gasteiger partial charge on any atom is 0.220 e. The molecule has 0 bridgehead atoms. The van der Waals surface area contributed by atoms with Gasteiger partial charge in [-0.05, 0) is 68.6 Å². The highest BCUT2D eigenvalue weighted by molar-refractivity contribution is 5.76. The van der Waals surface area contributed by atoms with E-state index in [4.69, 9.17) is 0 Å². The van der Waals surface area contributed by atoms with Gasteiger partial charge in [-0.3, -0.25) is 4.79 Å². The Bertz CT molecular complexity index is 807. The first-order valence-corrected chi connectivity index (χ1v) is 9.41. The predicted octanol–water partition coefficient (Wildman–Crippen LogP) is 4.02. The molecule has 0 heterocycles. The van der Waals surface area contributed by atoms with Crippen molar-refractivity contribution >= 4 is 5.91 Å². The number of hydrogen-bond acceptors (Lipinski definition) is 2. The summed E-state index contributed by atoms with van der Waals surface area (Å²) in [4.78, 5) is 14.5. The molecule has 0 spiro atoms. The molecule has 0 saturated carbocycles. The smallest absolute Gasteiger partial charge is 0.220 e. The van der Waals surface area contributed by atoms with Crippen LogP contribution in [0.25, 0.3) is 0 Å². The molecule has 2 aromatic rings. The van der Waals surface area contributed by atoms with Crippen LogP contribution in [0.4, 0.5) is 8.78 Å². The Hall–Kier alpha value is -2.27. The summed E-state index contributed by atoms with van der Waals surface area (Å²) in [5.74, 6) is -1.63. The monoisotopic (exact) mass is 372 g/mol. The number of amides is 1. The molecule has 3 rings (SSSR count). The second-order valence-electron chi connectivity index (χ2n) is 7.47. The van der Waals surface area contributed by atoms with Crippen molar-refractivity contribution in [2.45, 2.75) is 44.2 Å². The van der Waals surface area contributed by atoms with Crippen LogP contribution in [0.3, 0.4) is 0 Å². The van der Waals surface area contributed by atoms with Gasteiger partial charge in [-0.2, -0.15) is 0 Å². The Kier molecular flexibility index (Phi) is 6.22. The van der Waals surface area contributed by atoms with Crippen LogP contribution >= 0.6 is 0 Å². The summed E-state index contributed by atoms with van der Waals surface area (Å²) in [7, 11) is 3.88. The number of benzene rings is 2. The van der Waals surface area contributed by atoms with Crippen LogP contribution in [-0.4, -0.2) is 30.9 Å². The first-order chi connectivity index (χ1) is 12.9. The maximum absolute atomic E-state index is 13.4. The first-order valence-electron chi connectivity index (χ1n) is 9.41. The molecule has 0 fully saturated rings. The van der Waals surface area contributed by atoms with Crippen molar-refractivity contribution in [3.8, 4) is 0 Å². The number of carbonyl (C=O) groups excluding carboxylic acids is 1. The Morgan fingerprint density at radius 1 is 1.19 bits per heavy atom. The molecule has 27 heavy (non-hydrogen) atoms. The van der Waals surface area contributed by atoms with Crippen molar-refractivity contribution in [2.24, 2.45) is 0 Å². The quantitative estimate of drug-likeness (QED) is 0.796. The van der Waals surface area contributed by atoms with Gasteiger partial charge >= 0.3 is 0 Å². The molecular weight excluding hydrogens is 346 g/mol. The average molecular weight is 372 g/mol. The van der Waals surface area contributed by atoms with Crippen molar-refractivity contribution in [1.29, 1.82) is 0 Å². The van der Waals surface area contributed by atoms with Crippen LogP contribution in [0.2, 0.25) is 0 Å². The Morgan fingerprint density at radius 3 is 2.70 bits per heavy atom. The normalized spacial score (nSPS) is 17.0. The minimum absolute atomic E-state index is 0.0360. The van der Waals surface area contributed by atoms with E-state index in [1.54, 1.807) is 6.07 Å². The summed E-state index contributed by atoms with van der Waals surface area (Å²) in [6.07, 6.45) is 3.58. The second-order valence-corrected chi connectivity index (χ2v) is 7.47. The minimum atomic E-state index is -0.837. The van der Waals surface area contributed by atoms with Gasteiger partial charge < -0.3 is 10.2 Å². The molecule has 1 N–H and O–H groups in total. The summed E-state index contributed by atoms with van der Waals surface area (Å²) in [5, 5.41) is 3.14. The number of likely N-dealkylation sites (N-methyl/N-ethyl adjacent to an activating group) is 1. The van der Waals surface area contributed by atoms with Crippen LogP contribution in [0, 0.1) is 11.6 Å². The summed E-state index contributed by atoms with van der Waals surface area (Å²) >= 11 is 0. The Labute approximate surface area is 159 Å². The molecule has 0 aromatic heterocycles. The van der Waals surface area contributed by atoms with Gasteiger partial charge in [-0.1, -0.05) is 30.3 Å². The molecular formula is C22H26F2N2O. The lowest BCUT2D eigenvalue weighted by atomic mass is 10.00. The predicted molar refractivity (Wildman–Crippen MR) is 102 cm³/mol. The lowest BCUT2D eigenvalue weighted by Gasteiger charge is -2.25. The highest BCUT2D eigenvalue weighted by Gasteiger charge is 2.24. The number of rotatable bonds is 7. The molecule has 0 saturated heterocycles. The third kappa shape index (κ3) is 4.92. The summed E-state index contributed by atoms with van der Waals surface area (Å²) in [6, 6.07) is 12.4. The van der Waals surface area contributed by atoms with E-state index in [-0.39, 0.29) is 18.0 Å². The molecule has 0 radical (unpaired) electrons. The lowest BCUT2D eigenvalue weighted by Crippen LogP contribution is -2.33. The largest absolute Gasteiger partial charge is 0.349 e. The lowest BCUT2D eigenvalue weighted by molar-refractivity contribution is -0.122. The zero-order valence-corrected chi connectivity index (χ0v) is 15.8. The average Bonchev–Trinajstić information content (AvgIpc) is 3.04. The highest BCUT2D eigenvalue weighted by Crippen LogP contribution is 2.30. The van der Waals surface area contributed by atoms with E-state index in [1.807, 2.05) is 31.1 Å².